The normalized spacial score (nSPS) is 26.8. The Morgan fingerprint density at radius 2 is 2.07 bits per heavy atom. The average Bonchev–Trinajstić information content (AvgIpc) is 2.52. The van der Waals surface area contributed by atoms with Crippen LogP contribution in [0.15, 0.2) is 30.3 Å². The van der Waals surface area contributed by atoms with E-state index in [1.807, 2.05) is 30.3 Å². The molecule has 0 bridgehead atoms. The highest BCUT2D eigenvalue weighted by Crippen LogP contribution is 2.14. The Morgan fingerprint density at radius 1 is 1.36 bits per heavy atom. The molecule has 0 aliphatic carbocycles. The van der Waals surface area contributed by atoms with Gasteiger partial charge in [0.1, 0.15) is 6.61 Å². The van der Waals surface area contributed by atoms with E-state index in [1.54, 1.807) is 0 Å². The van der Waals surface area contributed by atoms with Crippen molar-refractivity contribution in [3.63, 3.8) is 0 Å². The molecule has 2 atom stereocenters. The minimum atomic E-state index is -0.449. The zero-order valence-electron chi connectivity index (χ0n) is 7.85. The van der Waals surface area contributed by atoms with Crippen molar-refractivity contribution < 1.29 is 9.53 Å². The van der Waals surface area contributed by atoms with Crippen LogP contribution in [0.4, 0.5) is 0 Å². The number of rotatable bonds is 2. The lowest BCUT2D eigenvalue weighted by Crippen LogP contribution is -2.37. The second kappa shape index (κ2) is 3.90. The van der Waals surface area contributed by atoms with E-state index in [2.05, 4.69) is 0 Å². The minimum Gasteiger partial charge on any atom is -0.368 e. The van der Waals surface area contributed by atoms with Gasteiger partial charge in [-0.05, 0) is 5.56 Å². The average molecular weight is 191 g/mol. The summed E-state index contributed by atoms with van der Waals surface area (Å²) in [5.41, 5.74) is 6.85. The second-order valence-corrected chi connectivity index (χ2v) is 3.53. The fourth-order valence-electron chi connectivity index (χ4n) is 1.63. The zero-order chi connectivity index (χ0) is 9.97. The molecule has 74 valence electrons. The molecule has 1 fully saturated rings. The molecule has 2 unspecified atom stereocenters. The Kier molecular flexibility index (Phi) is 2.61. The molecule has 1 aromatic carbocycles. The van der Waals surface area contributed by atoms with Crippen molar-refractivity contribution in [2.24, 2.45) is 5.73 Å². The van der Waals surface area contributed by atoms with Gasteiger partial charge in [-0.25, -0.2) is 0 Å². The zero-order valence-corrected chi connectivity index (χ0v) is 7.85. The predicted molar refractivity (Wildman–Crippen MR) is 52.9 cm³/mol. The summed E-state index contributed by atoms with van der Waals surface area (Å²) in [4.78, 5) is 11.1. The van der Waals surface area contributed by atoms with Gasteiger partial charge in [0.2, 0.25) is 0 Å². The number of ketones is 1. The molecule has 0 aromatic heterocycles. The Labute approximate surface area is 82.9 Å². The number of hydrogen-bond acceptors (Lipinski definition) is 3. The number of carbonyl (C=O) groups excluding carboxylic acids is 1. The highest BCUT2D eigenvalue weighted by atomic mass is 16.5. The minimum absolute atomic E-state index is 0.00549. The van der Waals surface area contributed by atoms with Gasteiger partial charge in [-0.3, -0.25) is 4.79 Å². The largest absolute Gasteiger partial charge is 0.368 e. The molecule has 14 heavy (non-hydrogen) atoms. The first-order valence-corrected chi connectivity index (χ1v) is 4.71. The van der Waals surface area contributed by atoms with Crippen LogP contribution in [0.3, 0.4) is 0 Å². The third-order valence-corrected chi connectivity index (χ3v) is 2.49. The van der Waals surface area contributed by atoms with E-state index in [-0.39, 0.29) is 18.5 Å². The SMILES string of the molecule is NC1C(=O)COC1Cc1ccccc1. The highest BCUT2D eigenvalue weighted by molar-refractivity contribution is 5.87. The molecule has 2 rings (SSSR count). The summed E-state index contributed by atoms with van der Waals surface area (Å²) in [5.74, 6) is 0.00549. The maximum absolute atomic E-state index is 11.1. The van der Waals surface area contributed by atoms with E-state index in [0.29, 0.717) is 6.42 Å². The number of nitrogens with two attached hydrogens (primary N) is 1. The van der Waals surface area contributed by atoms with Gasteiger partial charge in [0, 0.05) is 6.42 Å². The maximum Gasteiger partial charge on any atom is 0.177 e. The highest BCUT2D eigenvalue weighted by Gasteiger charge is 2.32. The van der Waals surface area contributed by atoms with Gasteiger partial charge in [-0.15, -0.1) is 0 Å². The molecule has 0 radical (unpaired) electrons. The third-order valence-electron chi connectivity index (χ3n) is 2.49. The van der Waals surface area contributed by atoms with Crippen molar-refractivity contribution >= 4 is 5.78 Å². The molecule has 0 spiro atoms. The summed E-state index contributed by atoms with van der Waals surface area (Å²) in [7, 11) is 0. The van der Waals surface area contributed by atoms with Gasteiger partial charge in [0.15, 0.2) is 5.78 Å². The molecular weight excluding hydrogens is 178 g/mol. The summed E-state index contributed by atoms with van der Waals surface area (Å²) in [6, 6.07) is 9.48. The van der Waals surface area contributed by atoms with Crippen LogP contribution in [0.2, 0.25) is 0 Å². The van der Waals surface area contributed by atoms with Gasteiger partial charge in [0.05, 0.1) is 12.1 Å². The Bertz CT molecular complexity index is 323. The monoisotopic (exact) mass is 191 g/mol. The van der Waals surface area contributed by atoms with Crippen LogP contribution >= 0.6 is 0 Å². The first-order valence-electron chi connectivity index (χ1n) is 4.71. The van der Waals surface area contributed by atoms with Crippen LogP contribution in [0.1, 0.15) is 5.56 Å². The number of hydrogen-bond donors (Lipinski definition) is 1. The molecule has 1 heterocycles. The van der Waals surface area contributed by atoms with Crippen molar-refractivity contribution in [2.45, 2.75) is 18.6 Å². The lowest BCUT2D eigenvalue weighted by Gasteiger charge is -2.12. The van der Waals surface area contributed by atoms with E-state index >= 15 is 0 Å². The van der Waals surface area contributed by atoms with Gasteiger partial charge in [0.25, 0.3) is 0 Å². The fraction of sp³-hybridized carbons (Fsp3) is 0.364. The van der Waals surface area contributed by atoms with Gasteiger partial charge < -0.3 is 10.5 Å². The quantitative estimate of drug-likeness (QED) is 0.741. The third kappa shape index (κ3) is 1.84. The van der Waals surface area contributed by atoms with Crippen LogP contribution in [-0.2, 0) is 16.0 Å². The summed E-state index contributed by atoms with van der Waals surface area (Å²) in [6.07, 6.45) is 0.568. The van der Waals surface area contributed by atoms with Crippen LogP contribution in [-0.4, -0.2) is 24.5 Å². The molecule has 3 heteroatoms. The molecule has 1 saturated heterocycles. The first kappa shape index (κ1) is 9.37. The van der Waals surface area contributed by atoms with Crippen molar-refractivity contribution in [1.82, 2.24) is 0 Å². The van der Waals surface area contributed by atoms with Crippen molar-refractivity contribution in [3.05, 3.63) is 35.9 Å². The fourth-order valence-corrected chi connectivity index (χ4v) is 1.63. The van der Waals surface area contributed by atoms with Crippen molar-refractivity contribution in [2.75, 3.05) is 6.61 Å². The smallest absolute Gasteiger partial charge is 0.177 e. The summed E-state index contributed by atoms with van der Waals surface area (Å²) >= 11 is 0. The maximum atomic E-state index is 11.1. The van der Waals surface area contributed by atoms with Gasteiger partial charge in [-0.1, -0.05) is 30.3 Å². The molecule has 0 saturated carbocycles. The molecule has 1 aromatic rings. The van der Waals surface area contributed by atoms with Crippen LogP contribution in [0, 0.1) is 0 Å². The number of Topliss-reactive ketones (excluding diaryl/α,β-unsaturated/α-hetero) is 1. The van der Waals surface area contributed by atoms with Gasteiger partial charge >= 0.3 is 0 Å². The number of benzene rings is 1. The standard InChI is InChI=1S/C11H13NO2/c12-11-9(13)7-14-10(11)6-8-4-2-1-3-5-8/h1-5,10-11H,6-7,12H2. The van der Waals surface area contributed by atoms with E-state index < -0.39 is 6.04 Å². The molecule has 3 nitrogen and oxygen atoms in total. The molecule has 0 amide bonds. The Hall–Kier alpha value is -1.19. The predicted octanol–water partition coefficient (Wildman–Crippen LogP) is 0.524. The van der Waals surface area contributed by atoms with Crippen LogP contribution in [0.5, 0.6) is 0 Å². The van der Waals surface area contributed by atoms with Crippen LogP contribution < -0.4 is 5.73 Å². The van der Waals surface area contributed by atoms with Gasteiger partial charge in [-0.2, -0.15) is 0 Å². The lowest BCUT2D eigenvalue weighted by molar-refractivity contribution is -0.118. The number of ether oxygens (including phenoxy) is 1. The topological polar surface area (TPSA) is 52.3 Å². The van der Waals surface area contributed by atoms with E-state index in [4.69, 9.17) is 10.5 Å². The first-order chi connectivity index (χ1) is 6.77. The molecule has 2 N–H and O–H groups in total. The van der Waals surface area contributed by atoms with E-state index in [9.17, 15) is 4.79 Å². The second-order valence-electron chi connectivity index (χ2n) is 3.53. The van der Waals surface area contributed by atoms with E-state index in [1.165, 1.54) is 0 Å². The lowest BCUT2D eigenvalue weighted by atomic mass is 10.0. The van der Waals surface area contributed by atoms with Crippen LogP contribution in [0.25, 0.3) is 0 Å². The van der Waals surface area contributed by atoms with Crippen molar-refractivity contribution in [3.8, 4) is 0 Å². The van der Waals surface area contributed by atoms with E-state index in [0.717, 1.165) is 5.56 Å². The summed E-state index contributed by atoms with van der Waals surface area (Å²) in [6.45, 7) is 0.165. The Balaban J connectivity index is 2.02. The molecular formula is C11H13NO2. The molecule has 1 aliphatic rings. The number of carbonyl (C=O) groups is 1. The summed E-state index contributed by atoms with van der Waals surface area (Å²) < 4.78 is 5.31. The Morgan fingerprint density at radius 3 is 2.64 bits per heavy atom. The molecule has 1 aliphatic heterocycles. The summed E-state index contributed by atoms with van der Waals surface area (Å²) in [5, 5.41) is 0. The van der Waals surface area contributed by atoms with Crippen molar-refractivity contribution in [1.29, 1.82) is 0 Å².